The zero-order chi connectivity index (χ0) is 14.1. The second-order valence-electron chi connectivity index (χ2n) is 4.83. The maximum atomic E-state index is 9.46. The van der Waals surface area contributed by atoms with Crippen molar-refractivity contribution in [1.29, 1.82) is 5.26 Å². The smallest absolute Gasteiger partial charge is 0.224 e. The predicted molar refractivity (Wildman–Crippen MR) is 76.7 cm³/mol. The maximum Gasteiger partial charge on any atom is 0.224 e. The Morgan fingerprint density at radius 2 is 2.30 bits per heavy atom. The summed E-state index contributed by atoms with van der Waals surface area (Å²) in [5, 5.41) is 19.4. The molecule has 1 fully saturated rings. The van der Waals surface area contributed by atoms with Crippen molar-refractivity contribution in [1.82, 2.24) is 9.97 Å². The molecule has 102 valence electrons. The van der Waals surface area contributed by atoms with E-state index >= 15 is 0 Å². The third-order valence-corrected chi connectivity index (χ3v) is 3.81. The summed E-state index contributed by atoms with van der Waals surface area (Å²) < 4.78 is 0. The van der Waals surface area contributed by atoms with Crippen LogP contribution in [-0.2, 0) is 0 Å². The molecule has 2 heterocycles. The van der Waals surface area contributed by atoms with Crippen LogP contribution in [0.5, 0.6) is 0 Å². The topological polar surface area (TPSA) is 73.0 Å². The van der Waals surface area contributed by atoms with Crippen LogP contribution in [0.25, 0.3) is 10.9 Å². The Morgan fingerprint density at radius 3 is 3.05 bits per heavy atom. The Hall–Kier alpha value is -1.90. The number of hydrogen-bond acceptors (Lipinski definition) is 5. The van der Waals surface area contributed by atoms with Crippen molar-refractivity contribution in [3.63, 3.8) is 0 Å². The van der Waals surface area contributed by atoms with Gasteiger partial charge in [-0.25, -0.2) is 4.98 Å². The van der Waals surface area contributed by atoms with Gasteiger partial charge in [-0.1, -0.05) is 0 Å². The number of anilines is 1. The van der Waals surface area contributed by atoms with Crippen molar-refractivity contribution in [2.24, 2.45) is 0 Å². The Bertz CT molecular complexity index is 697. The van der Waals surface area contributed by atoms with Crippen molar-refractivity contribution in [3.8, 4) is 6.07 Å². The summed E-state index contributed by atoms with van der Waals surface area (Å²) >= 11 is 5.99. The number of benzene rings is 1. The molecule has 0 bridgehead atoms. The lowest BCUT2D eigenvalue weighted by molar-refractivity contribution is 0.266. The van der Waals surface area contributed by atoms with E-state index in [0.29, 0.717) is 11.1 Å². The van der Waals surface area contributed by atoms with Gasteiger partial charge in [0.25, 0.3) is 0 Å². The second-order valence-corrected chi connectivity index (χ2v) is 5.17. The van der Waals surface area contributed by atoms with E-state index in [4.69, 9.17) is 16.9 Å². The number of aromatic nitrogens is 2. The molecule has 6 heteroatoms. The van der Waals surface area contributed by atoms with Crippen LogP contribution in [0.2, 0.25) is 5.28 Å². The summed E-state index contributed by atoms with van der Waals surface area (Å²) in [6, 6.07) is 7.45. The molecule has 0 spiro atoms. The highest BCUT2D eigenvalue weighted by atomic mass is 35.5. The average molecular weight is 289 g/mol. The van der Waals surface area contributed by atoms with Crippen LogP contribution in [0.3, 0.4) is 0 Å². The van der Waals surface area contributed by atoms with Gasteiger partial charge in [-0.3, -0.25) is 0 Å². The summed E-state index contributed by atoms with van der Waals surface area (Å²) in [6.07, 6.45) is 1.96. The number of fused-ring (bicyclic) bond motifs is 1. The molecule has 1 atom stereocenters. The van der Waals surface area contributed by atoms with Gasteiger partial charge in [-0.05, 0) is 42.6 Å². The summed E-state index contributed by atoms with van der Waals surface area (Å²) in [5.74, 6) is 0.737. The minimum atomic E-state index is 0.0693. The van der Waals surface area contributed by atoms with Crippen molar-refractivity contribution in [2.75, 3.05) is 18.1 Å². The SMILES string of the molecule is N#Cc1ccc2c(N3CCCC3CO)nc(Cl)nc2c1. The fourth-order valence-electron chi connectivity index (χ4n) is 2.68. The molecule has 1 unspecified atom stereocenters. The Balaban J connectivity index is 2.17. The van der Waals surface area contributed by atoms with Gasteiger partial charge in [0.2, 0.25) is 5.28 Å². The van der Waals surface area contributed by atoms with Gasteiger partial charge in [-0.2, -0.15) is 10.2 Å². The number of nitriles is 1. The van der Waals surface area contributed by atoms with Gasteiger partial charge in [0.05, 0.1) is 29.8 Å². The minimum Gasteiger partial charge on any atom is -0.394 e. The molecular weight excluding hydrogens is 276 g/mol. The van der Waals surface area contributed by atoms with Crippen molar-refractivity contribution < 1.29 is 5.11 Å². The Morgan fingerprint density at radius 1 is 1.45 bits per heavy atom. The predicted octanol–water partition coefficient (Wildman–Crippen LogP) is 2.12. The highest BCUT2D eigenvalue weighted by Crippen LogP contribution is 2.31. The fourth-order valence-corrected chi connectivity index (χ4v) is 2.85. The molecule has 1 aliphatic heterocycles. The zero-order valence-electron chi connectivity index (χ0n) is 10.8. The number of rotatable bonds is 2. The van der Waals surface area contributed by atoms with Crippen LogP contribution in [0.4, 0.5) is 5.82 Å². The largest absolute Gasteiger partial charge is 0.394 e. The van der Waals surface area contributed by atoms with Crippen molar-refractivity contribution in [2.45, 2.75) is 18.9 Å². The first kappa shape index (κ1) is 13.1. The molecule has 0 amide bonds. The van der Waals surface area contributed by atoms with E-state index in [-0.39, 0.29) is 17.9 Å². The second kappa shape index (κ2) is 5.23. The van der Waals surface area contributed by atoms with Gasteiger partial charge in [-0.15, -0.1) is 0 Å². The average Bonchev–Trinajstić information content (AvgIpc) is 2.93. The molecular formula is C14H13ClN4O. The van der Waals surface area contributed by atoms with Crippen molar-refractivity contribution >= 4 is 28.3 Å². The molecule has 0 aliphatic carbocycles. The Kier molecular flexibility index (Phi) is 3.43. The lowest BCUT2D eigenvalue weighted by Crippen LogP contribution is -2.33. The molecule has 3 rings (SSSR count). The summed E-state index contributed by atoms with van der Waals surface area (Å²) in [7, 11) is 0. The van der Waals surface area contributed by atoms with Gasteiger partial charge in [0.15, 0.2) is 0 Å². The lowest BCUT2D eigenvalue weighted by Gasteiger charge is -2.25. The minimum absolute atomic E-state index is 0.0693. The van der Waals surface area contributed by atoms with E-state index in [2.05, 4.69) is 20.9 Å². The third-order valence-electron chi connectivity index (χ3n) is 3.64. The first-order chi connectivity index (χ1) is 9.72. The third kappa shape index (κ3) is 2.17. The summed E-state index contributed by atoms with van der Waals surface area (Å²) in [4.78, 5) is 10.6. The van der Waals surface area contributed by atoms with E-state index in [9.17, 15) is 5.11 Å². The molecule has 1 aromatic carbocycles. The molecule has 1 aromatic heterocycles. The van der Waals surface area contributed by atoms with E-state index in [1.807, 2.05) is 6.07 Å². The maximum absolute atomic E-state index is 9.46. The van der Waals surface area contributed by atoms with Crippen LogP contribution in [0.15, 0.2) is 18.2 Å². The van der Waals surface area contributed by atoms with Gasteiger partial charge in [0.1, 0.15) is 5.82 Å². The quantitative estimate of drug-likeness (QED) is 0.857. The van der Waals surface area contributed by atoms with E-state index in [0.717, 1.165) is 30.6 Å². The molecule has 1 aliphatic rings. The van der Waals surface area contributed by atoms with Crippen LogP contribution >= 0.6 is 11.6 Å². The van der Waals surface area contributed by atoms with Gasteiger partial charge < -0.3 is 10.0 Å². The normalized spacial score (nSPS) is 18.4. The Labute approximate surface area is 121 Å². The van der Waals surface area contributed by atoms with Crippen LogP contribution in [-0.4, -0.2) is 34.3 Å². The number of aliphatic hydroxyl groups excluding tert-OH is 1. The standard InChI is InChI=1S/C14H13ClN4O/c15-14-17-12-6-9(7-16)3-4-11(12)13(18-14)19-5-1-2-10(19)8-20/h3-4,6,10,20H,1-2,5,8H2. The summed E-state index contributed by atoms with van der Waals surface area (Å²) in [6.45, 7) is 0.938. The monoisotopic (exact) mass is 288 g/mol. The zero-order valence-corrected chi connectivity index (χ0v) is 11.5. The number of nitrogens with zero attached hydrogens (tertiary/aromatic N) is 4. The first-order valence-electron chi connectivity index (χ1n) is 6.48. The first-order valence-corrected chi connectivity index (χ1v) is 6.85. The van der Waals surface area contributed by atoms with E-state index in [1.165, 1.54) is 0 Å². The summed E-state index contributed by atoms with van der Waals surface area (Å²) in [5.41, 5.74) is 1.20. The highest BCUT2D eigenvalue weighted by Gasteiger charge is 2.26. The molecule has 1 N–H and O–H groups in total. The molecule has 5 nitrogen and oxygen atoms in total. The molecule has 20 heavy (non-hydrogen) atoms. The van der Waals surface area contributed by atoms with Crippen LogP contribution in [0.1, 0.15) is 18.4 Å². The molecule has 0 radical (unpaired) electrons. The number of aliphatic hydroxyl groups is 1. The highest BCUT2D eigenvalue weighted by molar-refractivity contribution is 6.28. The van der Waals surface area contributed by atoms with Gasteiger partial charge >= 0.3 is 0 Å². The van der Waals surface area contributed by atoms with Gasteiger partial charge in [0, 0.05) is 11.9 Å². The lowest BCUT2D eigenvalue weighted by atomic mass is 10.1. The molecule has 2 aromatic rings. The fraction of sp³-hybridized carbons (Fsp3) is 0.357. The van der Waals surface area contributed by atoms with E-state index in [1.54, 1.807) is 12.1 Å². The number of halogens is 1. The van der Waals surface area contributed by atoms with Crippen molar-refractivity contribution in [3.05, 3.63) is 29.0 Å². The number of hydrogen-bond donors (Lipinski definition) is 1. The van der Waals surface area contributed by atoms with E-state index < -0.39 is 0 Å². The van der Waals surface area contributed by atoms with Crippen LogP contribution in [0, 0.1) is 11.3 Å². The molecule has 1 saturated heterocycles. The van der Waals surface area contributed by atoms with Crippen LogP contribution < -0.4 is 4.90 Å². The molecule has 0 saturated carbocycles.